The van der Waals surface area contributed by atoms with Crippen LogP contribution in [0.15, 0.2) is 34.1 Å². The fourth-order valence-corrected chi connectivity index (χ4v) is 3.12. The van der Waals surface area contributed by atoms with Crippen LogP contribution in [0.1, 0.15) is 15.2 Å². The van der Waals surface area contributed by atoms with Crippen LogP contribution in [0.25, 0.3) is 0 Å². The molecule has 1 aromatic carbocycles. The Morgan fingerprint density at radius 2 is 2.22 bits per heavy atom. The van der Waals surface area contributed by atoms with E-state index in [2.05, 4.69) is 43.8 Å². The molecule has 0 amide bonds. The minimum atomic E-state index is -0.872. The van der Waals surface area contributed by atoms with Gasteiger partial charge in [0.05, 0.1) is 0 Å². The number of carboxylic acids is 1. The number of carbonyl (C=O) groups is 1. The Morgan fingerprint density at radius 3 is 2.94 bits per heavy atom. The highest BCUT2D eigenvalue weighted by Crippen LogP contribution is 2.26. The number of rotatable bonds is 4. The number of halogens is 2. The molecule has 0 bridgehead atoms. The standard InChI is InChI=1S/C12H9BrINO2S/c13-9-2-1-8(14)5-10(9)15-6-7-3-4-18-11(7)12(16)17/h1-5,15H,6H2,(H,16,17). The zero-order valence-corrected chi connectivity index (χ0v) is 13.7. The van der Waals surface area contributed by atoms with Gasteiger partial charge in [0.1, 0.15) is 4.88 Å². The van der Waals surface area contributed by atoms with Gasteiger partial charge in [0.25, 0.3) is 0 Å². The Balaban J connectivity index is 2.14. The van der Waals surface area contributed by atoms with Crippen molar-refractivity contribution < 1.29 is 9.90 Å². The minimum Gasteiger partial charge on any atom is -0.477 e. The van der Waals surface area contributed by atoms with Crippen molar-refractivity contribution in [1.29, 1.82) is 0 Å². The maximum Gasteiger partial charge on any atom is 0.346 e. The van der Waals surface area contributed by atoms with E-state index in [4.69, 9.17) is 5.11 Å². The van der Waals surface area contributed by atoms with Gasteiger partial charge in [0.2, 0.25) is 0 Å². The van der Waals surface area contributed by atoms with Gasteiger partial charge < -0.3 is 10.4 Å². The average molecular weight is 438 g/mol. The van der Waals surface area contributed by atoms with E-state index in [1.54, 1.807) is 5.38 Å². The van der Waals surface area contributed by atoms with Crippen LogP contribution in [-0.2, 0) is 6.54 Å². The number of benzene rings is 1. The van der Waals surface area contributed by atoms with Gasteiger partial charge in [-0.05, 0) is 73.7 Å². The van der Waals surface area contributed by atoms with E-state index in [-0.39, 0.29) is 0 Å². The number of aromatic carboxylic acids is 1. The summed E-state index contributed by atoms with van der Waals surface area (Å²) in [7, 11) is 0. The highest BCUT2D eigenvalue weighted by Gasteiger charge is 2.11. The first kappa shape index (κ1) is 13.8. The lowest BCUT2D eigenvalue weighted by Gasteiger charge is -2.08. The monoisotopic (exact) mass is 437 g/mol. The second-order valence-electron chi connectivity index (χ2n) is 3.56. The highest BCUT2D eigenvalue weighted by molar-refractivity contribution is 14.1. The van der Waals surface area contributed by atoms with Crippen molar-refractivity contribution in [3.05, 3.63) is 48.1 Å². The Bertz CT molecular complexity index is 585. The Kier molecular flexibility index (Phi) is 4.63. The SMILES string of the molecule is O=C(O)c1sccc1CNc1cc(I)ccc1Br. The minimum absolute atomic E-state index is 0.393. The summed E-state index contributed by atoms with van der Waals surface area (Å²) in [5.41, 5.74) is 1.77. The van der Waals surface area contributed by atoms with Crippen LogP contribution in [0.2, 0.25) is 0 Å². The van der Waals surface area contributed by atoms with Crippen molar-refractivity contribution in [1.82, 2.24) is 0 Å². The third-order valence-electron chi connectivity index (χ3n) is 2.34. The topological polar surface area (TPSA) is 49.3 Å². The van der Waals surface area contributed by atoms with Crippen LogP contribution in [0.3, 0.4) is 0 Å². The van der Waals surface area contributed by atoms with Gasteiger partial charge in [-0.15, -0.1) is 11.3 Å². The fourth-order valence-electron chi connectivity index (χ4n) is 1.49. The summed E-state index contributed by atoms with van der Waals surface area (Å²) in [5.74, 6) is -0.872. The first-order valence-corrected chi connectivity index (χ1v) is 7.81. The predicted molar refractivity (Wildman–Crippen MR) is 85.5 cm³/mol. The summed E-state index contributed by atoms with van der Waals surface area (Å²) in [5, 5.41) is 14.1. The second kappa shape index (κ2) is 6.03. The van der Waals surface area contributed by atoms with Crippen LogP contribution in [0.5, 0.6) is 0 Å². The lowest BCUT2D eigenvalue weighted by Crippen LogP contribution is -2.04. The molecule has 0 spiro atoms. The molecule has 2 rings (SSSR count). The summed E-state index contributed by atoms with van der Waals surface area (Å²) >= 11 is 6.95. The van der Waals surface area contributed by atoms with Crippen molar-refractivity contribution in [2.24, 2.45) is 0 Å². The van der Waals surface area contributed by atoms with Crippen LogP contribution in [-0.4, -0.2) is 11.1 Å². The smallest absolute Gasteiger partial charge is 0.346 e. The zero-order valence-electron chi connectivity index (χ0n) is 9.11. The van der Waals surface area contributed by atoms with Gasteiger partial charge in [-0.2, -0.15) is 0 Å². The first-order chi connectivity index (χ1) is 8.58. The molecule has 94 valence electrons. The number of hydrogen-bond acceptors (Lipinski definition) is 3. The van der Waals surface area contributed by atoms with Gasteiger partial charge in [0, 0.05) is 20.3 Å². The molecule has 6 heteroatoms. The van der Waals surface area contributed by atoms with E-state index in [1.807, 2.05) is 24.3 Å². The maximum absolute atomic E-state index is 11.0. The molecule has 0 unspecified atom stereocenters. The number of hydrogen-bond donors (Lipinski definition) is 2. The molecule has 0 aliphatic rings. The van der Waals surface area contributed by atoms with Crippen LogP contribution >= 0.6 is 49.9 Å². The van der Waals surface area contributed by atoms with Crippen LogP contribution in [0.4, 0.5) is 5.69 Å². The van der Waals surface area contributed by atoms with E-state index in [1.165, 1.54) is 11.3 Å². The third kappa shape index (κ3) is 3.24. The molecule has 0 fully saturated rings. The van der Waals surface area contributed by atoms with Crippen molar-refractivity contribution in [2.45, 2.75) is 6.54 Å². The van der Waals surface area contributed by atoms with Crippen molar-refractivity contribution >= 4 is 61.5 Å². The summed E-state index contributed by atoms with van der Waals surface area (Å²) in [4.78, 5) is 11.4. The van der Waals surface area contributed by atoms with Gasteiger partial charge in [-0.3, -0.25) is 0 Å². The van der Waals surface area contributed by atoms with Gasteiger partial charge in [0.15, 0.2) is 0 Å². The fraction of sp³-hybridized carbons (Fsp3) is 0.0833. The van der Waals surface area contributed by atoms with Gasteiger partial charge in [-0.1, -0.05) is 0 Å². The number of carboxylic acid groups (broad SMARTS) is 1. The average Bonchev–Trinajstić information content (AvgIpc) is 2.79. The maximum atomic E-state index is 11.0. The van der Waals surface area contributed by atoms with Crippen molar-refractivity contribution in [3.8, 4) is 0 Å². The van der Waals surface area contributed by atoms with E-state index in [0.717, 1.165) is 19.3 Å². The second-order valence-corrected chi connectivity index (χ2v) is 6.57. The molecule has 18 heavy (non-hydrogen) atoms. The summed E-state index contributed by atoms with van der Waals surface area (Å²) in [6, 6.07) is 7.82. The quantitative estimate of drug-likeness (QED) is 0.696. The van der Waals surface area contributed by atoms with Gasteiger partial charge >= 0.3 is 5.97 Å². The molecule has 0 aliphatic carbocycles. The molecule has 0 radical (unpaired) electrons. The largest absolute Gasteiger partial charge is 0.477 e. The van der Waals surface area contributed by atoms with E-state index < -0.39 is 5.97 Å². The lowest BCUT2D eigenvalue weighted by molar-refractivity contribution is 0.0701. The van der Waals surface area contributed by atoms with E-state index in [9.17, 15) is 4.79 Å². The molecule has 3 nitrogen and oxygen atoms in total. The molecule has 1 heterocycles. The summed E-state index contributed by atoms with van der Waals surface area (Å²) < 4.78 is 2.09. The first-order valence-electron chi connectivity index (χ1n) is 5.06. The zero-order chi connectivity index (χ0) is 13.1. The van der Waals surface area contributed by atoms with Crippen molar-refractivity contribution in [2.75, 3.05) is 5.32 Å². The Hall–Kier alpha value is -0.600. The number of anilines is 1. The van der Waals surface area contributed by atoms with Crippen molar-refractivity contribution in [3.63, 3.8) is 0 Å². The molecular formula is C12H9BrINO2S. The normalized spacial score (nSPS) is 10.3. The molecule has 0 aliphatic heterocycles. The Labute approximate surface area is 130 Å². The van der Waals surface area contributed by atoms with E-state index in [0.29, 0.717) is 11.4 Å². The molecule has 0 saturated carbocycles. The van der Waals surface area contributed by atoms with Gasteiger partial charge in [-0.25, -0.2) is 4.79 Å². The summed E-state index contributed by atoms with van der Waals surface area (Å²) in [6.07, 6.45) is 0. The van der Waals surface area contributed by atoms with Crippen LogP contribution < -0.4 is 5.32 Å². The third-order valence-corrected chi connectivity index (χ3v) is 4.65. The molecule has 2 N–H and O–H groups in total. The summed E-state index contributed by atoms with van der Waals surface area (Å²) in [6.45, 7) is 0.504. The predicted octanol–water partition coefficient (Wildman–Crippen LogP) is 4.43. The lowest BCUT2D eigenvalue weighted by atomic mass is 10.2. The molecule has 0 atom stereocenters. The number of thiophene rings is 1. The molecule has 1 aromatic heterocycles. The van der Waals surface area contributed by atoms with E-state index >= 15 is 0 Å². The number of nitrogens with one attached hydrogen (secondary N) is 1. The highest BCUT2D eigenvalue weighted by atomic mass is 127. The molecule has 0 saturated heterocycles. The molecule has 2 aromatic rings. The Morgan fingerprint density at radius 1 is 1.44 bits per heavy atom. The van der Waals surface area contributed by atoms with Crippen LogP contribution in [0, 0.1) is 3.57 Å². The molecular weight excluding hydrogens is 429 g/mol.